The van der Waals surface area contributed by atoms with Crippen LogP contribution in [0, 0.1) is 0 Å². The van der Waals surface area contributed by atoms with Crippen LogP contribution < -0.4 is 10.2 Å². The third-order valence-electron chi connectivity index (χ3n) is 2.72. The van der Waals surface area contributed by atoms with Crippen molar-refractivity contribution in [1.82, 2.24) is 15.3 Å². The molecule has 0 aliphatic heterocycles. The summed E-state index contributed by atoms with van der Waals surface area (Å²) in [5.41, 5.74) is 1.09. The maximum absolute atomic E-state index is 4.97. The Labute approximate surface area is 110 Å². The first kappa shape index (κ1) is 14.9. The SMILES string of the molecule is CCN(c1ncc(CNCCOC)cn1)C(C)C. The van der Waals surface area contributed by atoms with Gasteiger partial charge in [-0.15, -0.1) is 0 Å². The first-order valence-electron chi connectivity index (χ1n) is 6.46. The fourth-order valence-corrected chi connectivity index (χ4v) is 1.73. The molecule has 0 unspecified atom stereocenters. The lowest BCUT2D eigenvalue weighted by molar-refractivity contribution is 0.199. The molecule has 0 radical (unpaired) electrons. The zero-order valence-corrected chi connectivity index (χ0v) is 11.8. The van der Waals surface area contributed by atoms with Crippen molar-refractivity contribution in [1.29, 1.82) is 0 Å². The van der Waals surface area contributed by atoms with Gasteiger partial charge in [0.05, 0.1) is 6.61 Å². The number of hydrogen-bond donors (Lipinski definition) is 1. The summed E-state index contributed by atoms with van der Waals surface area (Å²) in [7, 11) is 1.70. The molecule has 5 nitrogen and oxygen atoms in total. The monoisotopic (exact) mass is 252 g/mol. The second kappa shape index (κ2) is 8.00. The molecule has 0 fully saturated rings. The predicted octanol–water partition coefficient (Wildman–Crippen LogP) is 1.45. The summed E-state index contributed by atoms with van der Waals surface area (Å²) in [6, 6.07) is 0.417. The number of ether oxygens (including phenoxy) is 1. The highest BCUT2D eigenvalue weighted by Gasteiger charge is 2.10. The molecule has 18 heavy (non-hydrogen) atoms. The zero-order valence-electron chi connectivity index (χ0n) is 11.8. The summed E-state index contributed by atoms with van der Waals surface area (Å²) in [6.45, 7) is 9.66. The van der Waals surface area contributed by atoms with Crippen molar-refractivity contribution < 1.29 is 4.74 Å². The Morgan fingerprint density at radius 2 is 2.00 bits per heavy atom. The van der Waals surface area contributed by atoms with Crippen molar-refractivity contribution in [2.45, 2.75) is 33.4 Å². The lowest BCUT2D eigenvalue weighted by atomic mass is 10.3. The average Bonchev–Trinajstić information content (AvgIpc) is 2.37. The van der Waals surface area contributed by atoms with Crippen LogP contribution in [0.5, 0.6) is 0 Å². The Morgan fingerprint density at radius 1 is 1.33 bits per heavy atom. The van der Waals surface area contributed by atoms with Crippen LogP contribution in [0.1, 0.15) is 26.3 Å². The van der Waals surface area contributed by atoms with E-state index >= 15 is 0 Å². The van der Waals surface area contributed by atoms with Gasteiger partial charge < -0.3 is 15.0 Å². The van der Waals surface area contributed by atoms with E-state index in [4.69, 9.17) is 4.74 Å². The fraction of sp³-hybridized carbons (Fsp3) is 0.692. The van der Waals surface area contributed by atoms with Gasteiger partial charge in [-0.2, -0.15) is 0 Å². The van der Waals surface area contributed by atoms with Crippen LogP contribution in [0.4, 0.5) is 5.95 Å². The van der Waals surface area contributed by atoms with E-state index < -0.39 is 0 Å². The van der Waals surface area contributed by atoms with E-state index in [9.17, 15) is 0 Å². The third kappa shape index (κ3) is 4.58. The number of aromatic nitrogens is 2. The Bertz CT molecular complexity index is 326. The summed E-state index contributed by atoms with van der Waals surface area (Å²) in [6.07, 6.45) is 3.76. The van der Waals surface area contributed by atoms with E-state index in [1.54, 1.807) is 7.11 Å². The molecule has 1 N–H and O–H groups in total. The summed E-state index contributed by atoms with van der Waals surface area (Å²) in [4.78, 5) is 11.0. The first-order chi connectivity index (χ1) is 8.69. The molecule has 1 heterocycles. The number of nitrogens with zero attached hydrogens (tertiary/aromatic N) is 3. The Morgan fingerprint density at radius 3 is 2.50 bits per heavy atom. The number of nitrogens with one attached hydrogen (secondary N) is 1. The molecule has 0 amide bonds. The molecule has 0 saturated carbocycles. The molecule has 1 aromatic heterocycles. The highest BCUT2D eigenvalue weighted by atomic mass is 16.5. The normalized spacial score (nSPS) is 10.9. The van der Waals surface area contributed by atoms with Gasteiger partial charge in [-0.3, -0.25) is 0 Å². The summed E-state index contributed by atoms with van der Waals surface area (Å²) in [5.74, 6) is 0.799. The second-order valence-electron chi connectivity index (χ2n) is 4.44. The number of anilines is 1. The molecule has 102 valence electrons. The van der Waals surface area contributed by atoms with Crippen molar-refractivity contribution in [3.05, 3.63) is 18.0 Å². The third-order valence-corrected chi connectivity index (χ3v) is 2.72. The lowest BCUT2D eigenvalue weighted by Gasteiger charge is -2.24. The highest BCUT2D eigenvalue weighted by molar-refractivity contribution is 5.30. The number of rotatable bonds is 8. The smallest absolute Gasteiger partial charge is 0.225 e. The molecule has 0 aromatic carbocycles. The summed E-state index contributed by atoms with van der Waals surface area (Å²) < 4.78 is 4.97. The largest absolute Gasteiger partial charge is 0.383 e. The van der Waals surface area contributed by atoms with Crippen molar-refractivity contribution in [2.24, 2.45) is 0 Å². The Hall–Kier alpha value is -1.20. The summed E-state index contributed by atoms with van der Waals surface area (Å²) >= 11 is 0. The van der Waals surface area contributed by atoms with Gasteiger partial charge in [0.1, 0.15) is 0 Å². The van der Waals surface area contributed by atoms with Gasteiger partial charge in [-0.25, -0.2) is 9.97 Å². The number of hydrogen-bond acceptors (Lipinski definition) is 5. The van der Waals surface area contributed by atoms with E-state index in [1.807, 2.05) is 12.4 Å². The van der Waals surface area contributed by atoms with Crippen LogP contribution in [-0.4, -0.2) is 42.8 Å². The Balaban J connectivity index is 2.51. The van der Waals surface area contributed by atoms with Gasteiger partial charge in [-0.05, 0) is 20.8 Å². The van der Waals surface area contributed by atoms with Crippen molar-refractivity contribution in [3.8, 4) is 0 Å². The lowest BCUT2D eigenvalue weighted by Crippen LogP contribution is -2.32. The van der Waals surface area contributed by atoms with Crippen molar-refractivity contribution >= 4 is 5.95 Å². The van der Waals surface area contributed by atoms with E-state index in [1.165, 1.54) is 0 Å². The molecule has 5 heteroatoms. The van der Waals surface area contributed by atoms with Gasteiger partial charge in [-0.1, -0.05) is 0 Å². The molecule has 1 aromatic rings. The molecule has 0 atom stereocenters. The quantitative estimate of drug-likeness (QED) is 0.710. The van der Waals surface area contributed by atoms with E-state index in [2.05, 4.69) is 41.0 Å². The first-order valence-corrected chi connectivity index (χ1v) is 6.46. The van der Waals surface area contributed by atoms with E-state index in [-0.39, 0.29) is 0 Å². The van der Waals surface area contributed by atoms with Crippen LogP contribution in [-0.2, 0) is 11.3 Å². The second-order valence-corrected chi connectivity index (χ2v) is 4.44. The molecule has 0 bridgehead atoms. The van der Waals surface area contributed by atoms with Crippen molar-refractivity contribution in [2.75, 3.05) is 31.7 Å². The van der Waals surface area contributed by atoms with Gasteiger partial charge in [0.2, 0.25) is 5.95 Å². The van der Waals surface area contributed by atoms with Gasteiger partial charge >= 0.3 is 0 Å². The summed E-state index contributed by atoms with van der Waals surface area (Å²) in [5, 5.41) is 3.27. The molecule has 0 aliphatic rings. The standard InChI is InChI=1S/C13H24N4O/c1-5-17(11(2)3)13-15-9-12(10-16-13)8-14-6-7-18-4/h9-11,14H,5-8H2,1-4H3. The van der Waals surface area contributed by atoms with Crippen LogP contribution >= 0.6 is 0 Å². The van der Waals surface area contributed by atoms with Crippen LogP contribution in [0.3, 0.4) is 0 Å². The zero-order chi connectivity index (χ0) is 13.4. The molecule has 1 rings (SSSR count). The molecule has 0 spiro atoms. The fourth-order valence-electron chi connectivity index (χ4n) is 1.73. The van der Waals surface area contributed by atoms with Crippen molar-refractivity contribution in [3.63, 3.8) is 0 Å². The Kier molecular flexibility index (Phi) is 6.60. The van der Waals surface area contributed by atoms with Gasteiger partial charge in [0, 0.05) is 50.7 Å². The topological polar surface area (TPSA) is 50.3 Å². The van der Waals surface area contributed by atoms with Crippen LogP contribution in [0.15, 0.2) is 12.4 Å². The minimum absolute atomic E-state index is 0.417. The van der Waals surface area contributed by atoms with E-state index in [0.29, 0.717) is 6.04 Å². The maximum Gasteiger partial charge on any atom is 0.225 e. The van der Waals surface area contributed by atoms with Crippen LogP contribution in [0.25, 0.3) is 0 Å². The molecule has 0 saturated heterocycles. The average molecular weight is 252 g/mol. The minimum atomic E-state index is 0.417. The highest BCUT2D eigenvalue weighted by Crippen LogP contribution is 2.10. The molecular formula is C13H24N4O. The maximum atomic E-state index is 4.97. The van der Waals surface area contributed by atoms with Crippen LogP contribution in [0.2, 0.25) is 0 Å². The van der Waals surface area contributed by atoms with Gasteiger partial charge in [0.25, 0.3) is 0 Å². The van der Waals surface area contributed by atoms with E-state index in [0.717, 1.165) is 37.8 Å². The molecular weight excluding hydrogens is 228 g/mol. The minimum Gasteiger partial charge on any atom is -0.383 e. The molecule has 0 aliphatic carbocycles. The number of methoxy groups -OCH3 is 1. The van der Waals surface area contributed by atoms with Gasteiger partial charge in [0.15, 0.2) is 0 Å². The predicted molar refractivity (Wildman–Crippen MR) is 73.8 cm³/mol.